The van der Waals surface area contributed by atoms with Crippen LogP contribution in [0.1, 0.15) is 49.4 Å². The Morgan fingerprint density at radius 1 is 0.789 bits per heavy atom. The summed E-state index contributed by atoms with van der Waals surface area (Å²) in [6.45, 7) is 1.59. The maximum absolute atomic E-state index is 14.2. The normalized spacial score (nSPS) is 13.0. The second-order valence-electron chi connectivity index (χ2n) is 13.7. The molecule has 2 aromatic heterocycles. The van der Waals surface area contributed by atoms with Crippen LogP contribution >= 0.6 is 0 Å². The number of rotatable bonds is 22. The topological polar surface area (TPSA) is 289 Å². The average molecular weight is 785 g/mol. The van der Waals surface area contributed by atoms with Crippen molar-refractivity contribution >= 4 is 52.3 Å². The van der Waals surface area contributed by atoms with Crippen LogP contribution in [0.15, 0.2) is 78.3 Å². The molecule has 0 aliphatic carbocycles. The van der Waals surface area contributed by atoms with Gasteiger partial charge in [0.15, 0.2) is 5.96 Å². The van der Waals surface area contributed by atoms with Crippen LogP contribution < -0.4 is 38.5 Å². The monoisotopic (exact) mass is 784 g/mol. The van der Waals surface area contributed by atoms with E-state index in [0.29, 0.717) is 17.7 Å². The molecule has 4 atom stereocenters. The molecule has 57 heavy (non-hydrogen) atoms. The zero-order valence-electron chi connectivity index (χ0n) is 32.1. The van der Waals surface area contributed by atoms with E-state index in [1.54, 1.807) is 30.5 Å². The van der Waals surface area contributed by atoms with Crippen LogP contribution in [0, 0.1) is 0 Å². The first-order chi connectivity index (χ1) is 27.3. The third-order valence-corrected chi connectivity index (χ3v) is 9.08. The molecule has 2 heterocycles. The summed E-state index contributed by atoms with van der Waals surface area (Å²) in [6.07, 6.45) is 5.94. The van der Waals surface area contributed by atoms with Gasteiger partial charge in [0.2, 0.25) is 35.4 Å². The minimum absolute atomic E-state index is 0.0417. The van der Waals surface area contributed by atoms with Crippen molar-refractivity contribution in [1.82, 2.24) is 41.1 Å². The molecule has 304 valence electrons. The number of benzene rings is 2. The van der Waals surface area contributed by atoms with E-state index >= 15 is 0 Å². The fourth-order valence-corrected chi connectivity index (χ4v) is 6.27. The second kappa shape index (κ2) is 21.4. The lowest BCUT2D eigenvalue weighted by Gasteiger charge is -2.28. The highest BCUT2D eigenvalue weighted by Gasteiger charge is 2.33. The van der Waals surface area contributed by atoms with Crippen LogP contribution in [0.25, 0.3) is 10.9 Å². The number of hydrogen-bond acceptors (Lipinski definition) is 8. The zero-order valence-corrected chi connectivity index (χ0v) is 32.1. The van der Waals surface area contributed by atoms with Gasteiger partial charge in [0.25, 0.3) is 0 Å². The summed E-state index contributed by atoms with van der Waals surface area (Å²) in [6, 6.07) is 11.8. The molecule has 2 aromatic carbocycles. The van der Waals surface area contributed by atoms with Crippen LogP contribution in [0.3, 0.4) is 0 Å². The molecule has 0 fully saturated rings. The van der Waals surface area contributed by atoms with E-state index in [-0.39, 0.29) is 63.5 Å². The van der Waals surface area contributed by atoms with E-state index in [9.17, 15) is 28.8 Å². The average Bonchev–Trinajstić information content (AvgIpc) is 3.85. The Labute approximate surface area is 330 Å². The molecular weight excluding hydrogens is 733 g/mol. The van der Waals surface area contributed by atoms with Crippen molar-refractivity contribution in [3.63, 3.8) is 0 Å². The Morgan fingerprint density at radius 3 is 2.11 bits per heavy atom. The number of H-pyrrole nitrogens is 2. The third-order valence-electron chi connectivity index (χ3n) is 9.08. The van der Waals surface area contributed by atoms with Crippen molar-refractivity contribution in [2.24, 2.45) is 22.2 Å². The summed E-state index contributed by atoms with van der Waals surface area (Å²) in [5.74, 6) is -3.83. The Hall–Kier alpha value is -6.72. The predicted octanol–water partition coefficient (Wildman–Crippen LogP) is -0.344. The van der Waals surface area contributed by atoms with Crippen molar-refractivity contribution in [3.05, 3.63) is 90.1 Å². The van der Waals surface area contributed by atoms with Crippen molar-refractivity contribution in [2.45, 2.75) is 76.0 Å². The molecule has 0 saturated heterocycles. The smallest absolute Gasteiger partial charge is 0.245 e. The number of guanidine groups is 1. The van der Waals surface area contributed by atoms with Gasteiger partial charge in [0.05, 0.1) is 12.9 Å². The van der Waals surface area contributed by atoms with Crippen molar-refractivity contribution in [2.75, 3.05) is 20.1 Å². The fraction of sp³-hybridized carbons (Fsp3) is 0.385. The molecule has 0 radical (unpaired) electrons. The number of aromatic nitrogens is 3. The summed E-state index contributed by atoms with van der Waals surface area (Å²) in [5, 5.41) is 12.0. The number of carbonyl (C=O) groups is 6. The Balaban J connectivity index is 1.62. The molecule has 0 spiro atoms. The number of nitrogens with two attached hydrogens (primary N) is 3. The number of aromatic amines is 2. The van der Waals surface area contributed by atoms with Crippen molar-refractivity contribution < 1.29 is 28.8 Å². The molecule has 12 N–H and O–H groups in total. The van der Waals surface area contributed by atoms with Gasteiger partial charge < -0.3 is 53.3 Å². The number of para-hydroxylation sites is 1. The highest BCUT2D eigenvalue weighted by Crippen LogP contribution is 2.20. The molecule has 0 aliphatic rings. The van der Waals surface area contributed by atoms with Crippen molar-refractivity contribution in [3.8, 4) is 0 Å². The molecule has 4 unspecified atom stereocenters. The van der Waals surface area contributed by atoms with Crippen LogP contribution in [-0.2, 0) is 48.0 Å². The third kappa shape index (κ3) is 13.5. The van der Waals surface area contributed by atoms with E-state index in [1.807, 2.05) is 37.3 Å². The van der Waals surface area contributed by atoms with Gasteiger partial charge in [0, 0.05) is 68.3 Å². The Bertz CT molecular complexity index is 1990. The zero-order chi connectivity index (χ0) is 41.3. The quantitative estimate of drug-likeness (QED) is 0.0286. The van der Waals surface area contributed by atoms with Crippen LogP contribution in [0.4, 0.5) is 0 Å². The number of carbonyl (C=O) groups excluding carboxylic acids is 6. The molecule has 18 heteroatoms. The van der Waals surface area contributed by atoms with Crippen LogP contribution in [-0.4, -0.2) is 106 Å². The standard InChI is InChI=1S/C39H52N12O6/c1-3-10-34(53)47-31(19-26-21-43-23-46-26)37(56)49-30(17-24-11-5-4-6-12-24)36(55)48-29(15-9-16-44-39(41)42)35(54)50-32(38(57)51(2)22-33(40)52)18-25-20-45-28-14-8-7-13-27(25)28/h4-8,11-14,20-21,23,29-32,45H,3,9-10,15-19,22H2,1-2H3,(H2,40,52)(H,43,46)(H,47,53)(H,48,55)(H,49,56)(H,50,54)(H4,41,42,44). The number of likely N-dealkylation sites (N-methyl/N-ethyl adjacent to an activating group) is 1. The van der Waals surface area contributed by atoms with Gasteiger partial charge in [-0.2, -0.15) is 0 Å². The largest absolute Gasteiger partial charge is 0.370 e. The molecule has 4 rings (SSSR count). The lowest BCUT2D eigenvalue weighted by molar-refractivity contribution is -0.138. The molecule has 0 aliphatic heterocycles. The lowest BCUT2D eigenvalue weighted by atomic mass is 10.0. The Kier molecular flexibility index (Phi) is 16.1. The summed E-state index contributed by atoms with van der Waals surface area (Å²) in [4.78, 5) is 95.7. The first-order valence-corrected chi connectivity index (χ1v) is 18.7. The summed E-state index contributed by atoms with van der Waals surface area (Å²) in [5.41, 5.74) is 19.3. The Morgan fingerprint density at radius 2 is 1.44 bits per heavy atom. The number of hydrogen-bond donors (Lipinski definition) is 9. The first kappa shape index (κ1) is 43.0. The maximum atomic E-state index is 14.2. The molecule has 4 aromatic rings. The summed E-state index contributed by atoms with van der Waals surface area (Å²) >= 11 is 0. The highest BCUT2D eigenvalue weighted by molar-refractivity contribution is 5.96. The number of imidazole rings is 1. The molecule has 0 saturated carbocycles. The van der Waals surface area contributed by atoms with E-state index in [0.717, 1.165) is 21.4 Å². The van der Waals surface area contributed by atoms with Gasteiger partial charge in [-0.3, -0.25) is 33.8 Å². The number of primary amides is 1. The van der Waals surface area contributed by atoms with Gasteiger partial charge in [-0.15, -0.1) is 0 Å². The predicted molar refractivity (Wildman–Crippen MR) is 214 cm³/mol. The lowest BCUT2D eigenvalue weighted by Crippen LogP contribution is -2.59. The van der Waals surface area contributed by atoms with Gasteiger partial charge in [-0.25, -0.2) is 4.98 Å². The van der Waals surface area contributed by atoms with Crippen molar-refractivity contribution in [1.29, 1.82) is 0 Å². The molecule has 0 bridgehead atoms. The van der Waals surface area contributed by atoms with Gasteiger partial charge >= 0.3 is 0 Å². The summed E-state index contributed by atoms with van der Waals surface area (Å²) < 4.78 is 0. The fourth-order valence-electron chi connectivity index (χ4n) is 6.27. The number of nitrogens with zero attached hydrogens (tertiary/aromatic N) is 3. The van der Waals surface area contributed by atoms with Gasteiger partial charge in [-0.05, 0) is 36.5 Å². The van der Waals surface area contributed by atoms with E-state index in [4.69, 9.17) is 17.2 Å². The van der Waals surface area contributed by atoms with Gasteiger partial charge in [0.1, 0.15) is 24.2 Å². The van der Waals surface area contributed by atoms with E-state index < -0.39 is 53.7 Å². The van der Waals surface area contributed by atoms with Crippen LogP contribution in [0.2, 0.25) is 0 Å². The van der Waals surface area contributed by atoms with E-state index in [2.05, 4.69) is 41.2 Å². The first-order valence-electron chi connectivity index (χ1n) is 18.7. The second-order valence-corrected chi connectivity index (χ2v) is 13.7. The number of nitrogens with one attached hydrogen (secondary N) is 6. The van der Waals surface area contributed by atoms with Crippen LogP contribution in [0.5, 0.6) is 0 Å². The number of amides is 6. The molecular formula is C39H52N12O6. The SMILES string of the molecule is CCCC(=O)NC(Cc1cnc[nH]1)C(=O)NC(Cc1ccccc1)C(=O)NC(CCCN=C(N)N)C(=O)NC(Cc1c[nH]c2ccccc12)C(=O)N(C)CC(N)=O. The molecule has 18 nitrogen and oxygen atoms in total. The minimum Gasteiger partial charge on any atom is -0.370 e. The number of fused-ring (bicyclic) bond motifs is 1. The van der Waals surface area contributed by atoms with E-state index in [1.165, 1.54) is 19.6 Å². The van der Waals surface area contributed by atoms with Gasteiger partial charge in [-0.1, -0.05) is 55.5 Å². The highest BCUT2D eigenvalue weighted by atomic mass is 16.2. The molecule has 6 amide bonds. The maximum Gasteiger partial charge on any atom is 0.245 e. The minimum atomic E-state index is -1.23. The number of aliphatic imine (C=N–C) groups is 1. The summed E-state index contributed by atoms with van der Waals surface area (Å²) in [7, 11) is 1.40.